The monoisotopic (exact) mass is 297 g/mol. The fourth-order valence-electron chi connectivity index (χ4n) is 2.60. The number of likely N-dealkylation sites (N-methyl/N-ethyl adjacent to an activating group) is 1. The van der Waals surface area contributed by atoms with Crippen molar-refractivity contribution in [1.29, 1.82) is 0 Å². The second-order valence-corrected chi connectivity index (χ2v) is 5.85. The third-order valence-corrected chi connectivity index (χ3v) is 4.47. The van der Waals surface area contributed by atoms with Crippen LogP contribution in [0.1, 0.15) is 31.9 Å². The van der Waals surface area contributed by atoms with Gasteiger partial charge in [-0.15, -0.1) is 0 Å². The molecule has 0 saturated carbocycles. The number of nitrogens with zero attached hydrogens (tertiary/aromatic N) is 1. The largest absolute Gasteiger partial charge is 0.321 e. The molecular formula is C16H26ClN2O+. The van der Waals surface area contributed by atoms with E-state index in [0.29, 0.717) is 11.6 Å². The fraction of sp³-hybridized carbons (Fsp3) is 0.562. The summed E-state index contributed by atoms with van der Waals surface area (Å²) in [6.45, 7) is 13.8. The Kier molecular flexibility index (Phi) is 6.03. The molecule has 1 aromatic carbocycles. The summed E-state index contributed by atoms with van der Waals surface area (Å²) in [5.41, 5.74) is 2.90. The summed E-state index contributed by atoms with van der Waals surface area (Å²) >= 11 is 6.02. The number of aryl methyl sites for hydroxylation is 2. The molecule has 0 heterocycles. The molecule has 1 aromatic rings. The van der Waals surface area contributed by atoms with Crippen LogP contribution in [0.5, 0.6) is 0 Å². The molecule has 4 heteroatoms. The molecule has 0 aliphatic rings. The summed E-state index contributed by atoms with van der Waals surface area (Å²) in [6, 6.07) is 3.76. The van der Waals surface area contributed by atoms with E-state index in [4.69, 9.17) is 11.6 Å². The highest BCUT2D eigenvalue weighted by molar-refractivity contribution is 6.30. The van der Waals surface area contributed by atoms with Gasteiger partial charge >= 0.3 is 0 Å². The molecule has 0 bridgehead atoms. The van der Waals surface area contributed by atoms with Crippen molar-refractivity contribution in [1.82, 2.24) is 0 Å². The van der Waals surface area contributed by atoms with Crippen LogP contribution >= 0.6 is 11.6 Å². The van der Waals surface area contributed by atoms with E-state index in [-0.39, 0.29) is 5.91 Å². The number of nitrogens with one attached hydrogen (secondary N) is 1. The van der Waals surface area contributed by atoms with Crippen LogP contribution < -0.4 is 5.32 Å². The average molecular weight is 298 g/mol. The van der Waals surface area contributed by atoms with Crippen molar-refractivity contribution >= 4 is 23.2 Å². The number of carbonyl (C=O) groups is 1. The van der Waals surface area contributed by atoms with Crippen molar-refractivity contribution in [3.8, 4) is 0 Å². The maximum absolute atomic E-state index is 12.3. The lowest BCUT2D eigenvalue weighted by Crippen LogP contribution is -2.52. The maximum atomic E-state index is 12.3. The zero-order valence-electron chi connectivity index (χ0n) is 13.2. The van der Waals surface area contributed by atoms with Crippen LogP contribution in [0.15, 0.2) is 12.1 Å². The maximum Gasteiger partial charge on any atom is 0.279 e. The summed E-state index contributed by atoms with van der Waals surface area (Å²) in [7, 11) is 0. The predicted octanol–water partition coefficient (Wildman–Crippen LogP) is 3.77. The van der Waals surface area contributed by atoms with Gasteiger partial charge < -0.3 is 9.80 Å². The van der Waals surface area contributed by atoms with Crippen molar-refractivity contribution < 1.29 is 9.28 Å². The molecule has 0 aliphatic carbocycles. The van der Waals surface area contributed by atoms with Crippen molar-refractivity contribution in [2.45, 2.75) is 34.6 Å². The molecule has 20 heavy (non-hydrogen) atoms. The van der Waals surface area contributed by atoms with Gasteiger partial charge in [-0.1, -0.05) is 11.6 Å². The highest BCUT2D eigenvalue weighted by Crippen LogP contribution is 2.24. The first-order chi connectivity index (χ1) is 9.37. The summed E-state index contributed by atoms with van der Waals surface area (Å²) < 4.78 is 0.817. The fourth-order valence-corrected chi connectivity index (χ4v) is 2.92. The topological polar surface area (TPSA) is 29.1 Å². The lowest BCUT2D eigenvalue weighted by Gasteiger charge is -2.35. The van der Waals surface area contributed by atoms with Gasteiger partial charge in [-0.25, -0.2) is 0 Å². The van der Waals surface area contributed by atoms with Crippen LogP contribution in [-0.2, 0) is 4.79 Å². The van der Waals surface area contributed by atoms with Crippen LogP contribution in [0.2, 0.25) is 5.02 Å². The van der Waals surface area contributed by atoms with E-state index in [9.17, 15) is 4.79 Å². The first-order valence-corrected chi connectivity index (χ1v) is 7.67. The van der Waals surface area contributed by atoms with Gasteiger partial charge in [0.15, 0.2) is 6.54 Å². The molecule has 1 rings (SSSR count). The second kappa shape index (κ2) is 7.09. The number of anilines is 1. The second-order valence-electron chi connectivity index (χ2n) is 5.41. The molecule has 0 spiro atoms. The van der Waals surface area contributed by atoms with E-state index < -0.39 is 0 Å². The van der Waals surface area contributed by atoms with Crippen LogP contribution in [-0.4, -0.2) is 36.6 Å². The Labute approximate surface area is 127 Å². The summed E-state index contributed by atoms with van der Waals surface area (Å²) in [5.74, 6) is 0.0732. The van der Waals surface area contributed by atoms with E-state index in [1.54, 1.807) is 0 Å². The number of amides is 1. The molecule has 1 amide bonds. The van der Waals surface area contributed by atoms with E-state index in [2.05, 4.69) is 26.1 Å². The van der Waals surface area contributed by atoms with Crippen LogP contribution in [0, 0.1) is 13.8 Å². The Morgan fingerprint density at radius 3 is 1.95 bits per heavy atom. The lowest BCUT2D eigenvalue weighted by atomic mass is 10.1. The molecule has 0 fully saturated rings. The van der Waals surface area contributed by atoms with Crippen molar-refractivity contribution in [2.24, 2.45) is 0 Å². The minimum Gasteiger partial charge on any atom is -0.321 e. The third-order valence-electron chi connectivity index (χ3n) is 4.25. The highest BCUT2D eigenvalue weighted by atomic mass is 35.5. The number of quaternary nitrogens is 1. The first-order valence-electron chi connectivity index (χ1n) is 7.29. The first kappa shape index (κ1) is 17.0. The molecule has 3 nitrogen and oxygen atoms in total. The SMILES string of the molecule is CC[N+](CC)(CC)CC(=O)Nc1c(C)cc(Cl)cc1C. The van der Waals surface area contributed by atoms with Gasteiger partial charge in [0.1, 0.15) is 0 Å². The van der Waals surface area contributed by atoms with Crippen LogP contribution in [0.25, 0.3) is 0 Å². The quantitative estimate of drug-likeness (QED) is 0.796. The van der Waals surface area contributed by atoms with Crippen molar-refractivity contribution in [3.05, 3.63) is 28.3 Å². The number of hydrogen-bond acceptors (Lipinski definition) is 1. The number of benzene rings is 1. The minimum atomic E-state index is 0.0732. The minimum absolute atomic E-state index is 0.0732. The normalized spacial score (nSPS) is 11.5. The third kappa shape index (κ3) is 3.97. The Bertz CT molecular complexity index is 450. The van der Waals surface area contributed by atoms with Crippen LogP contribution in [0.3, 0.4) is 0 Å². The number of carbonyl (C=O) groups excluding carboxylic acids is 1. The van der Waals surface area contributed by atoms with Gasteiger partial charge in [0, 0.05) is 10.7 Å². The zero-order chi connectivity index (χ0) is 15.3. The lowest BCUT2D eigenvalue weighted by molar-refractivity contribution is -0.915. The van der Waals surface area contributed by atoms with Gasteiger partial charge in [0.05, 0.1) is 19.6 Å². The Balaban J connectivity index is 2.87. The standard InChI is InChI=1S/C16H25ClN2O/c1-6-19(7-2,8-3)11-15(20)18-16-12(4)9-14(17)10-13(16)5/h9-10H,6-8,11H2,1-5H3/p+1. The van der Waals surface area contributed by atoms with Crippen LogP contribution in [0.4, 0.5) is 5.69 Å². The van der Waals surface area contributed by atoms with Gasteiger partial charge in [-0.2, -0.15) is 0 Å². The molecule has 0 saturated heterocycles. The molecule has 0 unspecified atom stereocenters. The van der Waals surface area contributed by atoms with E-state index in [1.165, 1.54) is 0 Å². The predicted molar refractivity (Wildman–Crippen MR) is 86.3 cm³/mol. The average Bonchev–Trinajstić information content (AvgIpc) is 2.40. The molecular weight excluding hydrogens is 272 g/mol. The molecule has 0 aliphatic heterocycles. The van der Waals surface area contributed by atoms with E-state index in [1.807, 2.05) is 26.0 Å². The molecule has 1 N–H and O–H groups in total. The van der Waals surface area contributed by atoms with Crippen molar-refractivity contribution in [3.63, 3.8) is 0 Å². The molecule has 0 radical (unpaired) electrons. The molecule has 0 atom stereocenters. The van der Waals surface area contributed by atoms with Gasteiger partial charge in [-0.05, 0) is 57.9 Å². The van der Waals surface area contributed by atoms with E-state index in [0.717, 1.165) is 40.9 Å². The number of rotatable bonds is 6. The highest BCUT2D eigenvalue weighted by Gasteiger charge is 2.25. The molecule has 0 aromatic heterocycles. The number of hydrogen-bond donors (Lipinski definition) is 1. The summed E-state index contributed by atoms with van der Waals surface area (Å²) in [6.07, 6.45) is 0. The van der Waals surface area contributed by atoms with Gasteiger partial charge in [0.25, 0.3) is 5.91 Å². The summed E-state index contributed by atoms with van der Waals surface area (Å²) in [5, 5.41) is 3.76. The number of halogens is 1. The summed E-state index contributed by atoms with van der Waals surface area (Å²) in [4.78, 5) is 12.3. The van der Waals surface area contributed by atoms with Gasteiger partial charge in [-0.3, -0.25) is 4.79 Å². The smallest absolute Gasteiger partial charge is 0.279 e. The Hall–Kier alpha value is -1.06. The Morgan fingerprint density at radius 2 is 1.55 bits per heavy atom. The molecule has 112 valence electrons. The van der Waals surface area contributed by atoms with Crippen molar-refractivity contribution in [2.75, 3.05) is 31.5 Å². The van der Waals surface area contributed by atoms with Gasteiger partial charge in [0.2, 0.25) is 0 Å². The zero-order valence-corrected chi connectivity index (χ0v) is 14.0. The Morgan fingerprint density at radius 1 is 1.10 bits per heavy atom. The van der Waals surface area contributed by atoms with E-state index >= 15 is 0 Å².